The van der Waals surface area contributed by atoms with Crippen LogP contribution in [0.25, 0.3) is 11.1 Å². The summed E-state index contributed by atoms with van der Waals surface area (Å²) in [4.78, 5) is 21.0. The molecular weight excluding hydrogens is 912 g/mol. The van der Waals surface area contributed by atoms with E-state index in [0.717, 1.165) is 50.1 Å². The number of rotatable bonds is 21. The first kappa shape index (κ1) is 49.5. The Hall–Kier alpha value is -7.41. The van der Waals surface area contributed by atoms with Crippen molar-refractivity contribution in [1.29, 1.82) is 10.5 Å². The van der Waals surface area contributed by atoms with Crippen LogP contribution in [0, 0.1) is 41.9 Å². The van der Waals surface area contributed by atoms with E-state index >= 15 is 0 Å². The zero-order valence-electron chi connectivity index (χ0n) is 38.5. The number of halogens is 2. The third kappa shape index (κ3) is 12.2. The maximum absolute atomic E-state index is 12.8. The molecule has 0 saturated heterocycles. The summed E-state index contributed by atoms with van der Waals surface area (Å²) < 4.78 is 25.3. The Labute approximate surface area is 412 Å². The van der Waals surface area contributed by atoms with Crippen molar-refractivity contribution in [2.75, 3.05) is 6.61 Å². The van der Waals surface area contributed by atoms with Gasteiger partial charge in [0.1, 0.15) is 61.6 Å². The number of nitriles is 2. The molecule has 2 aromatic heterocycles. The van der Waals surface area contributed by atoms with Crippen LogP contribution in [-0.2, 0) is 50.5 Å². The molecule has 1 unspecified atom stereocenters. The number of aliphatic carboxylic acids is 1. The second-order valence-corrected chi connectivity index (χ2v) is 17.6. The van der Waals surface area contributed by atoms with Gasteiger partial charge in [0.2, 0.25) is 0 Å². The number of hydrogen-bond donors (Lipinski definition) is 2. The molecule has 0 fully saturated rings. The number of aromatic nitrogens is 2. The van der Waals surface area contributed by atoms with Gasteiger partial charge in [0.15, 0.2) is 0 Å². The summed E-state index contributed by atoms with van der Waals surface area (Å²) in [6.07, 6.45) is 7.42. The van der Waals surface area contributed by atoms with Crippen molar-refractivity contribution in [3.05, 3.63) is 199 Å². The molecule has 0 aliphatic heterocycles. The lowest BCUT2D eigenvalue weighted by atomic mass is 9.77. The minimum absolute atomic E-state index is 0.0708. The van der Waals surface area contributed by atoms with Crippen LogP contribution in [0.15, 0.2) is 128 Å². The molecule has 0 amide bonds. The minimum Gasteiger partial charge on any atom is -0.488 e. The lowest BCUT2D eigenvalue weighted by Crippen LogP contribution is -2.37. The molecule has 2 N–H and O–H groups in total. The molecule has 350 valence electrons. The Bertz CT molecular complexity index is 3040. The monoisotopic (exact) mass is 960 g/mol. The number of aliphatic hydroxyl groups is 1. The van der Waals surface area contributed by atoms with Crippen molar-refractivity contribution in [2.45, 2.75) is 72.9 Å². The fourth-order valence-corrected chi connectivity index (χ4v) is 8.58. The first-order valence-corrected chi connectivity index (χ1v) is 23.1. The molecule has 7 rings (SSSR count). The summed E-state index contributed by atoms with van der Waals surface area (Å²) in [7, 11) is 0. The summed E-state index contributed by atoms with van der Waals surface area (Å²) in [6, 6.07) is 36.1. The predicted molar refractivity (Wildman–Crippen MR) is 264 cm³/mol. The first-order chi connectivity index (χ1) is 33.4. The van der Waals surface area contributed by atoms with Gasteiger partial charge in [-0.1, -0.05) is 96.9 Å². The molecule has 5 aromatic carbocycles. The smallest absolute Gasteiger partial charge is 0.312 e. The highest BCUT2D eigenvalue weighted by Crippen LogP contribution is 2.39. The van der Waals surface area contributed by atoms with Crippen LogP contribution in [0.2, 0.25) is 10.0 Å². The second kappa shape index (κ2) is 23.1. The van der Waals surface area contributed by atoms with Crippen LogP contribution < -0.4 is 18.9 Å². The first-order valence-electron chi connectivity index (χ1n) is 22.3. The Morgan fingerprint density at radius 1 is 0.609 bits per heavy atom. The van der Waals surface area contributed by atoms with Crippen molar-refractivity contribution in [2.24, 2.45) is 5.41 Å². The van der Waals surface area contributed by atoms with Crippen LogP contribution in [0.4, 0.5) is 0 Å². The van der Waals surface area contributed by atoms with Crippen LogP contribution in [0.1, 0.15) is 74.5 Å². The van der Waals surface area contributed by atoms with Crippen LogP contribution >= 0.6 is 23.2 Å². The number of ether oxygens (including phenoxy) is 4. The normalized spacial score (nSPS) is 11.8. The quantitative estimate of drug-likeness (QED) is 0.0703. The maximum Gasteiger partial charge on any atom is 0.312 e. The SMILES string of the molecule is CCc1cc(Cl)c(OCc2cccc(-c3cccc(COc4cc(OCc5cncc(C#N)c5)c(CCC(CO)(Cc5ccccc5)C(=O)O)cc4Cl)c3C)c2C)cc1OCc1cncc(C#N)c1. The van der Waals surface area contributed by atoms with E-state index in [4.69, 9.17) is 42.1 Å². The van der Waals surface area contributed by atoms with E-state index in [1.54, 1.807) is 36.7 Å². The number of pyridine rings is 2. The Kier molecular flexibility index (Phi) is 16.5. The number of carbonyl (C=O) groups is 1. The van der Waals surface area contributed by atoms with Gasteiger partial charge in [-0.25, -0.2) is 0 Å². The zero-order chi connectivity index (χ0) is 48.9. The molecule has 69 heavy (non-hydrogen) atoms. The molecule has 0 spiro atoms. The Balaban J connectivity index is 1.09. The number of nitrogens with zero attached hydrogens (tertiary/aromatic N) is 4. The number of carboxylic acids is 1. The fourth-order valence-electron chi connectivity index (χ4n) is 8.10. The van der Waals surface area contributed by atoms with E-state index < -0.39 is 18.0 Å². The molecular formula is C56H50Cl2N4O7. The molecule has 0 bridgehead atoms. The highest BCUT2D eigenvalue weighted by molar-refractivity contribution is 6.32. The molecule has 0 aliphatic rings. The summed E-state index contributed by atoms with van der Waals surface area (Å²) in [6.45, 7) is 6.30. The summed E-state index contributed by atoms with van der Waals surface area (Å²) in [5, 5.41) is 40.5. The molecule has 11 nitrogen and oxygen atoms in total. The van der Waals surface area contributed by atoms with E-state index in [9.17, 15) is 25.5 Å². The van der Waals surface area contributed by atoms with Crippen molar-refractivity contribution in [3.8, 4) is 46.3 Å². The number of aliphatic hydroxyl groups excluding tert-OH is 1. The average molecular weight is 962 g/mol. The molecule has 1 atom stereocenters. The molecule has 13 heteroatoms. The number of carboxylic acid groups (broad SMARTS) is 1. The number of aryl methyl sites for hydroxylation is 2. The van der Waals surface area contributed by atoms with E-state index in [0.29, 0.717) is 61.7 Å². The van der Waals surface area contributed by atoms with Crippen LogP contribution in [0.5, 0.6) is 23.0 Å². The maximum atomic E-state index is 12.8. The lowest BCUT2D eigenvalue weighted by Gasteiger charge is -2.28. The number of benzene rings is 5. The van der Waals surface area contributed by atoms with Crippen LogP contribution in [0.3, 0.4) is 0 Å². The highest BCUT2D eigenvalue weighted by atomic mass is 35.5. The van der Waals surface area contributed by atoms with E-state index in [1.165, 1.54) is 12.4 Å². The predicted octanol–water partition coefficient (Wildman–Crippen LogP) is 11.9. The zero-order valence-corrected chi connectivity index (χ0v) is 40.0. The van der Waals surface area contributed by atoms with E-state index in [-0.39, 0.29) is 45.7 Å². The average Bonchev–Trinajstić information content (AvgIpc) is 3.37. The molecule has 2 heterocycles. The van der Waals surface area contributed by atoms with Gasteiger partial charge in [0, 0.05) is 48.0 Å². The Morgan fingerprint density at radius 3 is 1.58 bits per heavy atom. The highest BCUT2D eigenvalue weighted by Gasteiger charge is 2.38. The van der Waals surface area contributed by atoms with Gasteiger partial charge in [0.25, 0.3) is 0 Å². The van der Waals surface area contributed by atoms with Gasteiger partial charge >= 0.3 is 5.97 Å². The van der Waals surface area contributed by atoms with Crippen LogP contribution in [-0.4, -0.2) is 32.8 Å². The minimum atomic E-state index is -1.46. The molecule has 0 radical (unpaired) electrons. The summed E-state index contributed by atoms with van der Waals surface area (Å²) in [5.41, 5.74) is 9.18. The van der Waals surface area contributed by atoms with Gasteiger partial charge in [-0.15, -0.1) is 0 Å². The molecule has 0 aliphatic carbocycles. The van der Waals surface area contributed by atoms with Gasteiger partial charge in [-0.3, -0.25) is 14.8 Å². The largest absolute Gasteiger partial charge is 0.488 e. The van der Waals surface area contributed by atoms with Crippen molar-refractivity contribution in [3.63, 3.8) is 0 Å². The lowest BCUT2D eigenvalue weighted by molar-refractivity contribution is -0.152. The summed E-state index contributed by atoms with van der Waals surface area (Å²) in [5.74, 6) is 0.799. The topological polar surface area (TPSA) is 168 Å². The standard InChI is InChI=1S/C56H50Cl2N4O7/c1-4-43-20-49(57)53(22-51(43)66-31-41-18-39(25-59)27-61-29-41)68-33-45-12-8-14-47(36(45)2)48-15-9-13-46(37(48)3)34-69-54-23-52(67-32-42-19-40(26-60)28-62-30-42)44(21-50(54)58)16-17-56(35-63,55(64)65)24-38-10-6-5-7-11-38/h5-15,18-23,27-30,63H,4,16-17,24,31-35H2,1-3H3,(H,64,65). The van der Waals surface area contributed by atoms with E-state index in [2.05, 4.69) is 41.2 Å². The summed E-state index contributed by atoms with van der Waals surface area (Å²) >= 11 is 13.7. The van der Waals surface area contributed by atoms with Gasteiger partial charge in [0.05, 0.1) is 33.2 Å². The van der Waals surface area contributed by atoms with Gasteiger partial charge < -0.3 is 29.2 Å². The van der Waals surface area contributed by atoms with Gasteiger partial charge in [-0.2, -0.15) is 10.5 Å². The van der Waals surface area contributed by atoms with Crippen molar-refractivity contribution >= 4 is 29.2 Å². The third-order valence-electron chi connectivity index (χ3n) is 12.2. The Morgan fingerprint density at radius 2 is 1.10 bits per heavy atom. The van der Waals surface area contributed by atoms with Gasteiger partial charge in [-0.05, 0) is 114 Å². The van der Waals surface area contributed by atoms with Crippen molar-refractivity contribution < 1.29 is 34.0 Å². The van der Waals surface area contributed by atoms with E-state index in [1.807, 2.05) is 80.6 Å². The van der Waals surface area contributed by atoms with Crippen molar-refractivity contribution in [1.82, 2.24) is 9.97 Å². The number of hydrogen-bond acceptors (Lipinski definition) is 10. The third-order valence-corrected chi connectivity index (χ3v) is 12.8. The molecule has 0 saturated carbocycles. The molecule has 7 aromatic rings. The fraction of sp³-hybridized carbons (Fsp3) is 0.232. The second-order valence-electron chi connectivity index (χ2n) is 16.8.